The number of halogens is 2. The van der Waals surface area contributed by atoms with Gasteiger partial charge in [-0.25, -0.2) is 23.7 Å². The zero-order valence-electron chi connectivity index (χ0n) is 22.3. The second-order valence-corrected chi connectivity index (χ2v) is 9.61. The monoisotopic (exact) mass is 531 g/mol. The van der Waals surface area contributed by atoms with Gasteiger partial charge >= 0.3 is 0 Å². The van der Waals surface area contributed by atoms with Crippen LogP contribution in [-0.2, 0) is 5.54 Å². The summed E-state index contributed by atoms with van der Waals surface area (Å²) in [5.41, 5.74) is 13.8. The van der Waals surface area contributed by atoms with Crippen LogP contribution in [0.1, 0.15) is 47.3 Å². The molecule has 0 aliphatic heterocycles. The molecule has 1 aliphatic carbocycles. The van der Waals surface area contributed by atoms with Crippen LogP contribution in [-0.4, -0.2) is 39.9 Å². The first kappa shape index (κ1) is 27.4. The summed E-state index contributed by atoms with van der Waals surface area (Å²) < 4.78 is 30.1. The summed E-state index contributed by atoms with van der Waals surface area (Å²) in [7, 11) is 3.16. The van der Waals surface area contributed by atoms with E-state index in [0.29, 0.717) is 41.6 Å². The summed E-state index contributed by atoms with van der Waals surface area (Å²) in [6.07, 6.45) is 6.67. The zero-order chi connectivity index (χ0) is 28.5. The van der Waals surface area contributed by atoms with Crippen LogP contribution in [0, 0.1) is 18.6 Å². The summed E-state index contributed by atoms with van der Waals surface area (Å²) in [5, 5.41) is 3.48. The number of nitrogens with zero attached hydrogens (tertiary/aromatic N) is 4. The van der Waals surface area contributed by atoms with Crippen LogP contribution in [0.5, 0.6) is 0 Å². The lowest BCUT2D eigenvalue weighted by Gasteiger charge is -2.23. The van der Waals surface area contributed by atoms with Crippen LogP contribution in [0.25, 0.3) is 16.8 Å². The Hall–Kier alpha value is -4.60. The van der Waals surface area contributed by atoms with Gasteiger partial charge < -0.3 is 21.7 Å². The number of pyridine rings is 1. The maximum atomic E-state index is 15.2. The predicted molar refractivity (Wildman–Crippen MR) is 149 cm³/mol. The number of nitrogen functional groups attached to an aromatic ring is 2. The van der Waals surface area contributed by atoms with Crippen molar-refractivity contribution in [2.24, 2.45) is 0 Å². The van der Waals surface area contributed by atoms with Crippen LogP contribution in [0.2, 0.25) is 0 Å². The molecule has 202 valence electrons. The highest BCUT2D eigenvalue weighted by Crippen LogP contribution is 2.49. The van der Waals surface area contributed by atoms with Crippen molar-refractivity contribution in [2.75, 3.05) is 25.6 Å². The SMILES string of the molecule is C=C/C(NC1(c2nc(-c3cc(C(=O)N(C)C)ccc3F)c(F)cc2N)CC1)=C(\C=C/C)c1cc(N)nc(C)n1. The van der Waals surface area contributed by atoms with Gasteiger partial charge in [-0.05, 0) is 51.0 Å². The van der Waals surface area contributed by atoms with E-state index >= 15 is 4.39 Å². The van der Waals surface area contributed by atoms with Crippen molar-refractivity contribution < 1.29 is 13.6 Å². The van der Waals surface area contributed by atoms with Gasteiger partial charge in [0.05, 0.1) is 22.6 Å². The number of nitrogens with one attached hydrogen (secondary N) is 1. The van der Waals surface area contributed by atoms with Crippen LogP contribution in [0.15, 0.2) is 60.8 Å². The van der Waals surface area contributed by atoms with Gasteiger partial charge in [0.25, 0.3) is 5.91 Å². The number of rotatable bonds is 8. The summed E-state index contributed by atoms with van der Waals surface area (Å²) in [4.78, 5) is 27.0. The van der Waals surface area contributed by atoms with Gasteiger partial charge in [0.15, 0.2) is 5.82 Å². The zero-order valence-corrected chi connectivity index (χ0v) is 22.3. The van der Waals surface area contributed by atoms with Gasteiger partial charge in [0.2, 0.25) is 0 Å². The molecule has 0 atom stereocenters. The lowest BCUT2D eigenvalue weighted by atomic mass is 10.0. The van der Waals surface area contributed by atoms with Gasteiger partial charge in [-0.2, -0.15) is 0 Å². The molecular weight excluding hydrogens is 500 g/mol. The van der Waals surface area contributed by atoms with Crippen LogP contribution < -0.4 is 16.8 Å². The minimum atomic E-state index is -0.790. The van der Waals surface area contributed by atoms with E-state index in [1.165, 1.54) is 17.0 Å². The number of aromatic nitrogens is 3. The van der Waals surface area contributed by atoms with E-state index in [-0.39, 0.29) is 28.4 Å². The number of hydrogen-bond donors (Lipinski definition) is 3. The number of nitrogens with two attached hydrogens (primary N) is 2. The Kier molecular flexibility index (Phi) is 7.49. The van der Waals surface area contributed by atoms with Crippen molar-refractivity contribution in [3.8, 4) is 11.3 Å². The van der Waals surface area contributed by atoms with Crippen molar-refractivity contribution in [3.05, 3.63) is 95.2 Å². The number of benzene rings is 1. The number of hydrogen-bond acceptors (Lipinski definition) is 7. The second kappa shape index (κ2) is 10.6. The molecule has 0 radical (unpaired) electrons. The van der Waals surface area contributed by atoms with E-state index in [1.807, 2.05) is 19.1 Å². The van der Waals surface area contributed by atoms with E-state index in [2.05, 4.69) is 26.8 Å². The Bertz CT molecular complexity index is 1500. The molecular formula is C29H31F2N7O. The third-order valence-electron chi connectivity index (χ3n) is 6.42. The minimum absolute atomic E-state index is 0.125. The van der Waals surface area contributed by atoms with E-state index in [9.17, 15) is 9.18 Å². The molecule has 1 saturated carbocycles. The Morgan fingerprint density at radius 2 is 1.82 bits per heavy atom. The van der Waals surface area contributed by atoms with Crippen LogP contribution in [0.4, 0.5) is 20.3 Å². The van der Waals surface area contributed by atoms with Crippen molar-refractivity contribution in [1.82, 2.24) is 25.2 Å². The molecule has 2 aromatic heterocycles. The normalized spacial score (nSPS) is 14.6. The molecule has 39 heavy (non-hydrogen) atoms. The quantitative estimate of drug-likeness (QED) is 0.359. The number of allylic oxidation sites excluding steroid dienone is 4. The second-order valence-electron chi connectivity index (χ2n) is 9.61. The first-order valence-electron chi connectivity index (χ1n) is 12.4. The molecule has 5 N–H and O–H groups in total. The highest BCUT2D eigenvalue weighted by Gasteiger charge is 2.48. The van der Waals surface area contributed by atoms with Crippen molar-refractivity contribution >= 4 is 23.0 Å². The third-order valence-corrected chi connectivity index (χ3v) is 6.42. The first-order valence-corrected chi connectivity index (χ1v) is 12.4. The molecule has 1 amide bonds. The molecule has 3 aromatic rings. The number of anilines is 2. The minimum Gasteiger partial charge on any atom is -0.397 e. The molecule has 1 aromatic carbocycles. The fraction of sp³-hybridized carbons (Fsp3) is 0.241. The van der Waals surface area contributed by atoms with E-state index in [4.69, 9.17) is 11.5 Å². The molecule has 1 fully saturated rings. The number of carbonyl (C=O) groups is 1. The topological polar surface area (TPSA) is 123 Å². The van der Waals surface area contributed by atoms with Gasteiger partial charge in [-0.1, -0.05) is 18.7 Å². The van der Waals surface area contributed by atoms with E-state index < -0.39 is 17.2 Å². The van der Waals surface area contributed by atoms with Gasteiger partial charge in [-0.15, -0.1) is 0 Å². The lowest BCUT2D eigenvalue weighted by molar-refractivity contribution is 0.0827. The molecule has 8 nitrogen and oxygen atoms in total. The Balaban J connectivity index is 1.82. The molecule has 0 bridgehead atoms. The largest absolute Gasteiger partial charge is 0.397 e. The Morgan fingerprint density at radius 1 is 1.10 bits per heavy atom. The summed E-state index contributed by atoms with van der Waals surface area (Å²) in [6, 6.07) is 6.59. The van der Waals surface area contributed by atoms with E-state index in [0.717, 1.165) is 17.7 Å². The van der Waals surface area contributed by atoms with Gasteiger partial charge in [-0.3, -0.25) is 4.79 Å². The highest BCUT2D eigenvalue weighted by atomic mass is 19.1. The van der Waals surface area contributed by atoms with Crippen molar-refractivity contribution in [2.45, 2.75) is 32.2 Å². The number of amides is 1. The molecule has 1 aliphatic rings. The standard InChI is InChI=1S/C29H31F2N7O/c1-6-8-18(24-15-25(33)35-16(3)34-24)23(7-2)37-29(11-12-29)27-22(32)14-21(31)26(36-27)19-13-17(9-10-20(19)30)28(39)38(4)5/h6-10,13-15,37H,2,11-12,32H2,1,3-5H3,(H2,33,34,35)/b8-6-,23-18-. The molecule has 0 unspecified atom stereocenters. The van der Waals surface area contributed by atoms with Crippen molar-refractivity contribution in [3.63, 3.8) is 0 Å². The smallest absolute Gasteiger partial charge is 0.253 e. The highest BCUT2D eigenvalue weighted by molar-refractivity contribution is 5.95. The molecule has 0 saturated heterocycles. The summed E-state index contributed by atoms with van der Waals surface area (Å²) >= 11 is 0. The Labute approximate surface area is 226 Å². The van der Waals surface area contributed by atoms with E-state index in [1.54, 1.807) is 33.2 Å². The van der Waals surface area contributed by atoms with Crippen LogP contribution in [0.3, 0.4) is 0 Å². The Morgan fingerprint density at radius 3 is 2.41 bits per heavy atom. The first-order chi connectivity index (χ1) is 18.5. The number of aryl methyl sites for hydroxylation is 1. The summed E-state index contributed by atoms with van der Waals surface area (Å²) in [5.74, 6) is -0.992. The van der Waals surface area contributed by atoms with Crippen molar-refractivity contribution in [1.29, 1.82) is 0 Å². The average Bonchev–Trinajstić information content (AvgIpc) is 3.66. The average molecular weight is 532 g/mol. The summed E-state index contributed by atoms with van der Waals surface area (Å²) in [6.45, 7) is 7.59. The maximum Gasteiger partial charge on any atom is 0.253 e. The fourth-order valence-corrected chi connectivity index (χ4v) is 4.41. The molecule has 2 heterocycles. The number of carbonyl (C=O) groups excluding carboxylic acids is 1. The van der Waals surface area contributed by atoms with Gasteiger partial charge in [0, 0.05) is 48.6 Å². The predicted octanol–water partition coefficient (Wildman–Crippen LogP) is 4.74. The molecule has 0 spiro atoms. The van der Waals surface area contributed by atoms with Crippen LogP contribution >= 0.6 is 0 Å². The lowest BCUT2D eigenvalue weighted by Crippen LogP contribution is -2.30. The molecule has 4 rings (SSSR count). The van der Waals surface area contributed by atoms with Gasteiger partial charge in [0.1, 0.15) is 23.2 Å². The molecule has 10 heteroatoms. The maximum absolute atomic E-state index is 15.2. The third kappa shape index (κ3) is 5.50. The fourth-order valence-electron chi connectivity index (χ4n) is 4.41.